The van der Waals surface area contributed by atoms with Crippen LogP contribution in [0.5, 0.6) is 0 Å². The van der Waals surface area contributed by atoms with Crippen molar-refractivity contribution in [1.82, 2.24) is 9.80 Å². The second-order valence-corrected chi connectivity index (χ2v) is 6.37. The lowest BCUT2D eigenvalue weighted by molar-refractivity contribution is 0.0876. The predicted octanol–water partition coefficient (Wildman–Crippen LogP) is 2.85. The van der Waals surface area contributed by atoms with Gasteiger partial charge in [-0.2, -0.15) is 11.3 Å². The maximum atomic E-state index is 12.3. The van der Waals surface area contributed by atoms with Crippen LogP contribution in [0.15, 0.2) is 41.1 Å². The fraction of sp³-hybridized carbons (Fsp3) is 0.353. The van der Waals surface area contributed by atoms with Crippen LogP contribution in [0.2, 0.25) is 0 Å². The zero-order valence-corrected chi connectivity index (χ0v) is 13.1. The number of Topliss-reactive ketones (excluding diaryl/α,β-unsaturated/α-hetero) is 1. The summed E-state index contributed by atoms with van der Waals surface area (Å²) in [6.45, 7) is 4.59. The molecule has 110 valence electrons. The Morgan fingerprint density at radius 1 is 1.05 bits per heavy atom. The Hall–Kier alpha value is -1.49. The minimum absolute atomic E-state index is 0.219. The molecule has 2 heterocycles. The molecule has 2 aromatic rings. The van der Waals surface area contributed by atoms with E-state index in [1.165, 1.54) is 11.1 Å². The van der Waals surface area contributed by atoms with Crippen LogP contribution >= 0.6 is 11.3 Å². The van der Waals surface area contributed by atoms with Crippen molar-refractivity contribution in [2.45, 2.75) is 0 Å². The van der Waals surface area contributed by atoms with Gasteiger partial charge in [-0.1, -0.05) is 24.3 Å². The van der Waals surface area contributed by atoms with Gasteiger partial charge in [0.2, 0.25) is 0 Å². The number of carbonyl (C=O) groups excluding carboxylic acids is 1. The normalized spacial score (nSPS) is 17.0. The maximum absolute atomic E-state index is 12.3. The minimum Gasteiger partial charge on any atom is -0.304 e. The quantitative estimate of drug-likeness (QED) is 0.811. The highest BCUT2D eigenvalue weighted by Crippen LogP contribution is 2.22. The first-order valence-corrected chi connectivity index (χ1v) is 8.23. The van der Waals surface area contributed by atoms with Crippen LogP contribution < -0.4 is 0 Å². The van der Waals surface area contributed by atoms with Gasteiger partial charge in [-0.3, -0.25) is 9.69 Å². The molecular weight excluding hydrogens is 280 g/mol. The lowest BCUT2D eigenvalue weighted by Gasteiger charge is -2.31. The molecule has 3 rings (SSSR count). The third-order valence-electron chi connectivity index (χ3n) is 4.02. The average Bonchev–Trinajstić information content (AvgIpc) is 3.04. The van der Waals surface area contributed by atoms with Crippen LogP contribution in [0.1, 0.15) is 10.4 Å². The summed E-state index contributed by atoms with van der Waals surface area (Å²) in [5, 5.41) is 4.20. The van der Waals surface area contributed by atoms with Gasteiger partial charge in [-0.05, 0) is 35.0 Å². The highest BCUT2D eigenvalue weighted by molar-refractivity contribution is 7.08. The summed E-state index contributed by atoms with van der Waals surface area (Å²) in [6, 6.07) is 10.1. The summed E-state index contributed by atoms with van der Waals surface area (Å²) in [4.78, 5) is 16.9. The summed E-state index contributed by atoms with van der Waals surface area (Å²) in [5.41, 5.74) is 3.21. The Balaban J connectivity index is 1.62. The molecule has 0 saturated carbocycles. The van der Waals surface area contributed by atoms with Gasteiger partial charge in [-0.25, -0.2) is 0 Å². The van der Waals surface area contributed by atoms with Crippen LogP contribution in [0.3, 0.4) is 0 Å². The highest BCUT2D eigenvalue weighted by atomic mass is 32.1. The number of likely N-dealkylation sites (N-methyl/N-ethyl adjacent to an activating group) is 1. The van der Waals surface area contributed by atoms with Gasteiger partial charge in [-0.15, -0.1) is 0 Å². The summed E-state index contributed by atoms with van der Waals surface area (Å²) >= 11 is 1.69. The SMILES string of the molecule is CN1CCN(CC(=O)c2ccc(-c3ccsc3)cc2)CC1. The Bertz CT molecular complexity index is 584. The van der Waals surface area contributed by atoms with Crippen molar-refractivity contribution < 1.29 is 4.79 Å². The summed E-state index contributed by atoms with van der Waals surface area (Å²) in [6.07, 6.45) is 0. The summed E-state index contributed by atoms with van der Waals surface area (Å²) < 4.78 is 0. The van der Waals surface area contributed by atoms with E-state index >= 15 is 0 Å². The van der Waals surface area contributed by atoms with Crippen LogP contribution in [0.4, 0.5) is 0 Å². The predicted molar refractivity (Wildman–Crippen MR) is 88.0 cm³/mol. The number of thiophene rings is 1. The number of nitrogens with zero attached hydrogens (tertiary/aromatic N) is 2. The lowest BCUT2D eigenvalue weighted by Crippen LogP contribution is -2.46. The van der Waals surface area contributed by atoms with E-state index in [0.29, 0.717) is 6.54 Å². The monoisotopic (exact) mass is 300 g/mol. The van der Waals surface area contributed by atoms with Gasteiger partial charge in [0, 0.05) is 31.7 Å². The molecule has 3 nitrogen and oxygen atoms in total. The molecule has 1 aromatic carbocycles. The van der Waals surface area contributed by atoms with Gasteiger partial charge in [0.15, 0.2) is 5.78 Å². The van der Waals surface area contributed by atoms with E-state index in [4.69, 9.17) is 0 Å². The Morgan fingerprint density at radius 3 is 2.38 bits per heavy atom. The van der Waals surface area contributed by atoms with E-state index < -0.39 is 0 Å². The summed E-state index contributed by atoms with van der Waals surface area (Å²) in [7, 11) is 2.13. The number of hydrogen-bond donors (Lipinski definition) is 0. The van der Waals surface area contributed by atoms with Gasteiger partial charge < -0.3 is 4.90 Å². The topological polar surface area (TPSA) is 23.6 Å². The fourth-order valence-electron chi connectivity index (χ4n) is 2.58. The number of rotatable bonds is 4. The van der Waals surface area contributed by atoms with Crippen LogP contribution in [0, 0.1) is 0 Å². The Kier molecular flexibility index (Phi) is 4.48. The molecule has 1 fully saturated rings. The Labute approximate surface area is 129 Å². The van der Waals surface area contributed by atoms with Crippen molar-refractivity contribution >= 4 is 17.1 Å². The molecule has 0 bridgehead atoms. The zero-order valence-electron chi connectivity index (χ0n) is 12.3. The standard InChI is InChI=1S/C17H20N2OS/c1-18-7-9-19(10-8-18)12-17(20)15-4-2-14(3-5-15)16-6-11-21-13-16/h2-6,11,13H,7-10,12H2,1H3. The van der Waals surface area contributed by atoms with E-state index in [2.05, 4.69) is 33.7 Å². The van der Waals surface area contributed by atoms with E-state index in [9.17, 15) is 4.79 Å². The van der Waals surface area contributed by atoms with E-state index in [0.717, 1.165) is 31.7 Å². The van der Waals surface area contributed by atoms with Gasteiger partial charge >= 0.3 is 0 Å². The number of ketones is 1. The second-order valence-electron chi connectivity index (χ2n) is 5.59. The van der Waals surface area contributed by atoms with E-state index in [1.807, 2.05) is 24.3 Å². The molecule has 1 aliphatic heterocycles. The fourth-order valence-corrected chi connectivity index (χ4v) is 3.24. The van der Waals surface area contributed by atoms with Crippen molar-refractivity contribution in [3.8, 4) is 11.1 Å². The number of benzene rings is 1. The first-order chi connectivity index (χ1) is 10.2. The molecule has 21 heavy (non-hydrogen) atoms. The lowest BCUT2D eigenvalue weighted by atomic mass is 10.0. The highest BCUT2D eigenvalue weighted by Gasteiger charge is 2.17. The molecule has 0 N–H and O–H groups in total. The molecule has 4 heteroatoms. The number of piperazine rings is 1. The molecule has 0 amide bonds. The molecule has 0 spiro atoms. The molecule has 0 aliphatic carbocycles. The zero-order chi connectivity index (χ0) is 14.7. The largest absolute Gasteiger partial charge is 0.304 e. The van der Waals surface area contributed by atoms with Crippen molar-refractivity contribution in [3.63, 3.8) is 0 Å². The average molecular weight is 300 g/mol. The summed E-state index contributed by atoms with van der Waals surface area (Å²) in [5.74, 6) is 0.219. The molecule has 0 unspecified atom stereocenters. The second kappa shape index (κ2) is 6.52. The van der Waals surface area contributed by atoms with E-state index in [1.54, 1.807) is 11.3 Å². The minimum atomic E-state index is 0.219. The molecule has 1 aliphatic rings. The van der Waals surface area contributed by atoms with Gasteiger partial charge in [0.25, 0.3) is 0 Å². The maximum Gasteiger partial charge on any atom is 0.176 e. The van der Waals surface area contributed by atoms with Gasteiger partial charge in [0.1, 0.15) is 0 Å². The number of carbonyl (C=O) groups is 1. The van der Waals surface area contributed by atoms with Crippen molar-refractivity contribution in [3.05, 3.63) is 46.7 Å². The van der Waals surface area contributed by atoms with Crippen molar-refractivity contribution in [1.29, 1.82) is 0 Å². The third kappa shape index (κ3) is 3.59. The first kappa shape index (κ1) is 14.4. The molecule has 1 aromatic heterocycles. The smallest absolute Gasteiger partial charge is 0.176 e. The molecule has 0 atom stereocenters. The number of hydrogen-bond acceptors (Lipinski definition) is 4. The van der Waals surface area contributed by atoms with Crippen molar-refractivity contribution in [2.24, 2.45) is 0 Å². The van der Waals surface area contributed by atoms with Crippen LogP contribution in [0.25, 0.3) is 11.1 Å². The van der Waals surface area contributed by atoms with Crippen LogP contribution in [-0.2, 0) is 0 Å². The third-order valence-corrected chi connectivity index (χ3v) is 4.71. The van der Waals surface area contributed by atoms with E-state index in [-0.39, 0.29) is 5.78 Å². The molecular formula is C17H20N2OS. The molecule has 1 saturated heterocycles. The molecule has 0 radical (unpaired) electrons. The van der Waals surface area contributed by atoms with Crippen LogP contribution in [-0.4, -0.2) is 55.4 Å². The van der Waals surface area contributed by atoms with Gasteiger partial charge in [0.05, 0.1) is 6.54 Å². The van der Waals surface area contributed by atoms with Crippen molar-refractivity contribution in [2.75, 3.05) is 39.8 Å². The Morgan fingerprint density at radius 2 is 1.76 bits per heavy atom. The first-order valence-electron chi connectivity index (χ1n) is 7.29.